The lowest BCUT2D eigenvalue weighted by Crippen LogP contribution is -2.50. The molecule has 4 N–H and O–H groups in total. The first-order chi connectivity index (χ1) is 8.47. The van der Waals surface area contributed by atoms with Crippen LogP contribution in [0.25, 0.3) is 0 Å². The molecule has 2 aliphatic rings. The molecule has 2 bridgehead atoms. The molecule has 5 nitrogen and oxygen atoms in total. The summed E-state index contributed by atoms with van der Waals surface area (Å²) in [6.45, 7) is 3.90. The van der Waals surface area contributed by atoms with Crippen molar-refractivity contribution in [1.29, 1.82) is 0 Å². The highest BCUT2D eigenvalue weighted by atomic mass is 16.2. The molecular weight excluding hydrogens is 230 g/mol. The van der Waals surface area contributed by atoms with E-state index in [1.54, 1.807) is 6.92 Å². The molecule has 2 aliphatic carbocycles. The summed E-state index contributed by atoms with van der Waals surface area (Å²) in [7, 11) is 0. The monoisotopic (exact) mass is 253 g/mol. The van der Waals surface area contributed by atoms with E-state index in [9.17, 15) is 9.59 Å². The van der Waals surface area contributed by atoms with Gasteiger partial charge in [-0.05, 0) is 50.9 Å². The summed E-state index contributed by atoms with van der Waals surface area (Å²) < 4.78 is 0. The molecule has 5 unspecified atom stereocenters. The lowest BCUT2D eigenvalue weighted by atomic mass is 9.84. The Bertz CT molecular complexity index is 345. The van der Waals surface area contributed by atoms with E-state index in [4.69, 9.17) is 5.73 Å². The highest BCUT2D eigenvalue weighted by molar-refractivity contribution is 5.96. The van der Waals surface area contributed by atoms with Crippen LogP contribution in [0.2, 0.25) is 0 Å². The molecule has 5 heteroatoms. The lowest BCUT2D eigenvalue weighted by Gasteiger charge is -2.30. The van der Waals surface area contributed by atoms with Gasteiger partial charge in [0.25, 0.3) is 0 Å². The van der Waals surface area contributed by atoms with Gasteiger partial charge < -0.3 is 11.1 Å². The third-order valence-electron chi connectivity index (χ3n) is 4.59. The Labute approximate surface area is 108 Å². The summed E-state index contributed by atoms with van der Waals surface area (Å²) in [6.07, 6.45) is 5.36. The Balaban J connectivity index is 1.82. The van der Waals surface area contributed by atoms with Crippen molar-refractivity contribution in [2.45, 2.75) is 51.6 Å². The fourth-order valence-corrected chi connectivity index (χ4v) is 3.73. The van der Waals surface area contributed by atoms with E-state index >= 15 is 0 Å². The number of nitrogens with one attached hydrogen (secondary N) is 2. The Kier molecular flexibility index (Phi) is 3.90. The van der Waals surface area contributed by atoms with Crippen LogP contribution in [0.15, 0.2) is 0 Å². The smallest absolute Gasteiger partial charge is 0.318 e. The number of hydrogen-bond acceptors (Lipinski definition) is 3. The van der Waals surface area contributed by atoms with Crippen LogP contribution in [0.3, 0.4) is 0 Å². The van der Waals surface area contributed by atoms with Gasteiger partial charge in [0.15, 0.2) is 0 Å². The molecule has 102 valence electrons. The van der Waals surface area contributed by atoms with Crippen LogP contribution in [-0.4, -0.2) is 24.0 Å². The average Bonchev–Trinajstić information content (AvgIpc) is 2.89. The summed E-state index contributed by atoms with van der Waals surface area (Å²) in [6, 6.07) is -0.859. The van der Waals surface area contributed by atoms with E-state index in [1.165, 1.54) is 25.7 Å². The van der Waals surface area contributed by atoms with Crippen molar-refractivity contribution in [2.75, 3.05) is 0 Å². The van der Waals surface area contributed by atoms with E-state index in [0.29, 0.717) is 12.0 Å². The van der Waals surface area contributed by atoms with Crippen LogP contribution in [0, 0.1) is 17.8 Å². The normalized spacial score (nSPS) is 33.1. The van der Waals surface area contributed by atoms with Gasteiger partial charge in [-0.1, -0.05) is 6.42 Å². The molecule has 2 rings (SSSR count). The van der Waals surface area contributed by atoms with Gasteiger partial charge in [-0.25, -0.2) is 4.79 Å². The van der Waals surface area contributed by atoms with Gasteiger partial charge in [-0.3, -0.25) is 10.1 Å². The van der Waals surface area contributed by atoms with Crippen molar-refractivity contribution in [3.63, 3.8) is 0 Å². The van der Waals surface area contributed by atoms with E-state index in [2.05, 4.69) is 17.6 Å². The van der Waals surface area contributed by atoms with Crippen molar-refractivity contribution in [3.8, 4) is 0 Å². The molecule has 2 saturated carbocycles. The number of primary amides is 1. The molecular formula is C13H23N3O2. The number of imide groups is 1. The highest BCUT2D eigenvalue weighted by Crippen LogP contribution is 2.49. The Hall–Kier alpha value is -1.10. The van der Waals surface area contributed by atoms with Crippen molar-refractivity contribution >= 4 is 11.9 Å². The Morgan fingerprint density at radius 3 is 2.44 bits per heavy atom. The number of carbonyl (C=O) groups is 2. The molecule has 0 spiro atoms. The number of urea groups is 1. The minimum atomic E-state index is -0.791. The molecule has 0 heterocycles. The first-order valence-electron chi connectivity index (χ1n) is 6.83. The van der Waals surface area contributed by atoms with E-state index in [1.807, 2.05) is 0 Å². The lowest BCUT2D eigenvalue weighted by molar-refractivity contribution is -0.121. The quantitative estimate of drug-likeness (QED) is 0.698. The molecule has 5 atom stereocenters. The van der Waals surface area contributed by atoms with Gasteiger partial charge in [0.05, 0.1) is 6.04 Å². The maximum Gasteiger partial charge on any atom is 0.318 e. The van der Waals surface area contributed by atoms with Gasteiger partial charge in [0.1, 0.15) is 0 Å². The largest absolute Gasteiger partial charge is 0.351 e. The fraction of sp³-hybridized carbons (Fsp3) is 0.846. The number of rotatable bonds is 4. The van der Waals surface area contributed by atoms with Crippen molar-refractivity contribution in [3.05, 3.63) is 0 Å². The van der Waals surface area contributed by atoms with Gasteiger partial charge in [0.2, 0.25) is 5.91 Å². The molecule has 0 aromatic rings. The van der Waals surface area contributed by atoms with E-state index in [-0.39, 0.29) is 11.9 Å². The SMILES string of the molecule is CC(NC(C)C1CC2CCC1C2)C(=O)NC(N)=O. The van der Waals surface area contributed by atoms with Crippen LogP contribution in [0.4, 0.5) is 4.79 Å². The molecule has 2 fully saturated rings. The zero-order chi connectivity index (χ0) is 13.3. The third-order valence-corrected chi connectivity index (χ3v) is 4.59. The maximum atomic E-state index is 11.6. The molecule has 0 aliphatic heterocycles. The van der Waals surface area contributed by atoms with Crippen LogP contribution < -0.4 is 16.4 Å². The fourth-order valence-electron chi connectivity index (χ4n) is 3.73. The van der Waals surface area contributed by atoms with Crippen molar-refractivity contribution in [2.24, 2.45) is 23.5 Å². The minimum Gasteiger partial charge on any atom is -0.351 e. The van der Waals surface area contributed by atoms with Gasteiger partial charge in [-0.15, -0.1) is 0 Å². The maximum absolute atomic E-state index is 11.6. The second-order valence-corrected chi connectivity index (χ2v) is 5.87. The summed E-state index contributed by atoms with van der Waals surface area (Å²) in [4.78, 5) is 22.2. The average molecular weight is 253 g/mol. The predicted octanol–water partition coefficient (Wildman–Crippen LogP) is 0.984. The van der Waals surface area contributed by atoms with E-state index in [0.717, 1.165) is 11.8 Å². The number of nitrogens with two attached hydrogens (primary N) is 1. The minimum absolute atomic E-state index is 0.314. The van der Waals surface area contributed by atoms with E-state index < -0.39 is 6.03 Å². The summed E-state index contributed by atoms with van der Waals surface area (Å²) in [5, 5.41) is 5.40. The van der Waals surface area contributed by atoms with Crippen LogP contribution in [0.1, 0.15) is 39.5 Å². The number of hydrogen-bond donors (Lipinski definition) is 3. The molecule has 0 aromatic carbocycles. The summed E-state index contributed by atoms with van der Waals surface area (Å²) >= 11 is 0. The predicted molar refractivity (Wildman–Crippen MR) is 68.7 cm³/mol. The number of carbonyl (C=O) groups excluding carboxylic acids is 2. The van der Waals surface area contributed by atoms with Gasteiger partial charge in [0, 0.05) is 6.04 Å². The van der Waals surface area contributed by atoms with Crippen molar-refractivity contribution in [1.82, 2.24) is 10.6 Å². The molecule has 0 radical (unpaired) electrons. The molecule has 0 aromatic heterocycles. The highest BCUT2D eigenvalue weighted by Gasteiger charge is 2.42. The van der Waals surface area contributed by atoms with Crippen LogP contribution in [-0.2, 0) is 4.79 Å². The summed E-state index contributed by atoms with van der Waals surface area (Å²) in [5.41, 5.74) is 4.93. The first-order valence-corrected chi connectivity index (χ1v) is 6.83. The zero-order valence-electron chi connectivity index (χ0n) is 11.1. The second kappa shape index (κ2) is 5.26. The van der Waals surface area contributed by atoms with Gasteiger partial charge >= 0.3 is 6.03 Å². The van der Waals surface area contributed by atoms with Gasteiger partial charge in [-0.2, -0.15) is 0 Å². The number of fused-ring (bicyclic) bond motifs is 2. The van der Waals surface area contributed by atoms with Crippen molar-refractivity contribution < 1.29 is 9.59 Å². The Morgan fingerprint density at radius 1 is 1.22 bits per heavy atom. The number of amides is 3. The molecule has 0 saturated heterocycles. The standard InChI is InChI=1S/C13H23N3O2/c1-7(11-6-9-3-4-10(11)5-9)15-8(2)12(17)16-13(14)18/h7-11,15H,3-6H2,1-2H3,(H3,14,16,17,18). The Morgan fingerprint density at radius 2 is 1.94 bits per heavy atom. The second-order valence-electron chi connectivity index (χ2n) is 5.87. The molecule has 3 amide bonds. The first kappa shape index (κ1) is 13.3. The van der Waals surface area contributed by atoms with Crippen LogP contribution in [0.5, 0.6) is 0 Å². The zero-order valence-corrected chi connectivity index (χ0v) is 11.1. The topological polar surface area (TPSA) is 84.2 Å². The molecule has 18 heavy (non-hydrogen) atoms. The third kappa shape index (κ3) is 2.83. The summed E-state index contributed by atoms with van der Waals surface area (Å²) in [5.74, 6) is 2.05. The van der Waals surface area contributed by atoms with Crippen LogP contribution >= 0.6 is 0 Å².